The number of pyridine rings is 1. The predicted octanol–water partition coefficient (Wildman–Crippen LogP) is 5.54. The number of amides is 1. The van der Waals surface area contributed by atoms with E-state index in [0.29, 0.717) is 54.4 Å². The number of piperidine rings is 1. The maximum absolute atomic E-state index is 14.0. The Labute approximate surface area is 221 Å². The number of rotatable bonds is 6. The van der Waals surface area contributed by atoms with Crippen molar-refractivity contribution in [1.29, 1.82) is 0 Å². The van der Waals surface area contributed by atoms with Gasteiger partial charge in [-0.15, -0.1) is 0 Å². The highest BCUT2D eigenvalue weighted by Gasteiger charge is 2.33. The molecule has 3 heterocycles. The number of aryl methyl sites for hydroxylation is 2. The van der Waals surface area contributed by atoms with Crippen LogP contribution in [-0.4, -0.2) is 44.6 Å². The second kappa shape index (κ2) is 11.4. The van der Waals surface area contributed by atoms with E-state index in [4.69, 9.17) is 4.84 Å². The van der Waals surface area contributed by atoms with Gasteiger partial charge in [0, 0.05) is 48.5 Å². The number of alkyl halides is 3. The molecule has 12 heteroatoms. The third-order valence-electron chi connectivity index (χ3n) is 6.53. The Morgan fingerprint density at radius 2 is 1.77 bits per heavy atom. The summed E-state index contributed by atoms with van der Waals surface area (Å²) in [7, 11) is 0. The summed E-state index contributed by atoms with van der Waals surface area (Å²) in [5.74, 6) is -1.53. The summed E-state index contributed by atoms with van der Waals surface area (Å²) >= 11 is 0. The van der Waals surface area contributed by atoms with E-state index in [0.717, 1.165) is 24.4 Å². The fourth-order valence-electron chi connectivity index (χ4n) is 4.64. The number of carbonyl (C=O) groups is 1. The van der Waals surface area contributed by atoms with Crippen molar-refractivity contribution in [1.82, 2.24) is 19.9 Å². The average molecular weight is 548 g/mol. The lowest BCUT2D eigenvalue weighted by molar-refractivity contribution is -0.141. The molecule has 7 nitrogen and oxygen atoms in total. The van der Waals surface area contributed by atoms with E-state index in [1.54, 1.807) is 25.7 Å². The second-order valence-corrected chi connectivity index (χ2v) is 9.29. The van der Waals surface area contributed by atoms with Gasteiger partial charge in [-0.1, -0.05) is 11.2 Å². The van der Waals surface area contributed by atoms with Crippen molar-refractivity contribution in [2.24, 2.45) is 5.16 Å². The van der Waals surface area contributed by atoms with Crippen molar-refractivity contribution in [3.8, 4) is 5.75 Å². The van der Waals surface area contributed by atoms with E-state index in [1.807, 2.05) is 0 Å². The van der Waals surface area contributed by atoms with Gasteiger partial charge in [0.2, 0.25) is 5.91 Å². The number of aromatic nitrogens is 3. The van der Waals surface area contributed by atoms with Crippen LogP contribution in [0.15, 0.2) is 41.7 Å². The fourth-order valence-corrected chi connectivity index (χ4v) is 4.64. The number of oxime groups is 1. The first-order chi connectivity index (χ1) is 18.4. The van der Waals surface area contributed by atoms with Gasteiger partial charge in [-0.3, -0.25) is 9.78 Å². The molecule has 1 aliphatic rings. The summed E-state index contributed by atoms with van der Waals surface area (Å²) in [6.45, 7) is 5.91. The molecule has 0 spiro atoms. The minimum absolute atomic E-state index is 0.0717. The van der Waals surface area contributed by atoms with Crippen LogP contribution in [0.2, 0.25) is 0 Å². The smallest absolute Gasteiger partial charge is 0.357 e. The zero-order valence-electron chi connectivity index (χ0n) is 21.5. The molecule has 0 atom stereocenters. The van der Waals surface area contributed by atoms with Crippen LogP contribution in [0.1, 0.15) is 59.7 Å². The highest BCUT2D eigenvalue weighted by Crippen LogP contribution is 2.32. The molecule has 206 valence electrons. The van der Waals surface area contributed by atoms with Crippen LogP contribution >= 0.6 is 0 Å². The predicted molar refractivity (Wildman–Crippen MR) is 132 cm³/mol. The zero-order valence-corrected chi connectivity index (χ0v) is 21.5. The molecule has 0 N–H and O–H groups in total. The van der Waals surface area contributed by atoms with Gasteiger partial charge in [-0.25, -0.2) is 18.7 Å². The Morgan fingerprint density at radius 1 is 1.10 bits per heavy atom. The Hall–Kier alpha value is -3.96. The first-order valence-electron chi connectivity index (χ1n) is 12.2. The molecule has 0 bridgehead atoms. The second-order valence-electron chi connectivity index (χ2n) is 9.29. The van der Waals surface area contributed by atoms with Crippen LogP contribution in [0.25, 0.3) is 0 Å². The normalized spacial score (nSPS) is 15.0. The minimum Gasteiger partial charge on any atom is -0.357 e. The lowest BCUT2D eigenvalue weighted by atomic mass is 9.88. The summed E-state index contributed by atoms with van der Waals surface area (Å²) in [6, 6.07) is 5.52. The fraction of sp³-hybridized carbons (Fsp3) is 0.370. The maximum atomic E-state index is 14.0. The number of nitrogens with zero attached hydrogens (tertiary/aromatic N) is 5. The number of hydrogen-bond donors (Lipinski definition) is 0. The van der Waals surface area contributed by atoms with E-state index < -0.39 is 23.5 Å². The topological polar surface area (TPSA) is 80.6 Å². The molecule has 3 aromatic rings. The molecular formula is C27H26F5N5O2. The van der Waals surface area contributed by atoms with Crippen molar-refractivity contribution in [3.63, 3.8) is 0 Å². The maximum Gasteiger partial charge on any atom is 0.433 e. The van der Waals surface area contributed by atoms with Gasteiger partial charge >= 0.3 is 6.18 Å². The number of hydrogen-bond acceptors (Lipinski definition) is 6. The van der Waals surface area contributed by atoms with Crippen molar-refractivity contribution >= 4 is 11.6 Å². The Bertz CT molecular complexity index is 1380. The van der Waals surface area contributed by atoms with Crippen LogP contribution < -0.4 is 4.84 Å². The molecule has 1 fully saturated rings. The average Bonchev–Trinajstić information content (AvgIpc) is 2.88. The highest BCUT2D eigenvalue weighted by atomic mass is 19.4. The van der Waals surface area contributed by atoms with Gasteiger partial charge in [0.25, 0.3) is 0 Å². The molecule has 0 aliphatic carbocycles. The zero-order chi connectivity index (χ0) is 28.3. The lowest BCUT2D eigenvalue weighted by Gasteiger charge is -2.33. The van der Waals surface area contributed by atoms with E-state index in [2.05, 4.69) is 20.1 Å². The van der Waals surface area contributed by atoms with Gasteiger partial charge in [0.1, 0.15) is 23.2 Å². The molecule has 1 aliphatic heterocycles. The quantitative estimate of drug-likeness (QED) is 0.230. The van der Waals surface area contributed by atoms with Gasteiger partial charge in [-0.05, 0) is 45.7 Å². The first kappa shape index (κ1) is 28.1. The molecule has 39 heavy (non-hydrogen) atoms. The molecule has 2 aromatic heterocycles. The molecule has 4 rings (SSSR count). The first-order valence-corrected chi connectivity index (χ1v) is 12.2. The van der Waals surface area contributed by atoms with E-state index in [9.17, 15) is 26.7 Å². The standard InChI is InChI=1S/C27H26F5N5O2/c1-15-25(16(2)36-39-19-7-10-33-23(13-19)27(30,31)32)26(35-17(3)34-15)18-8-11-37(12-9-18)24(38)14-20-21(28)5-4-6-22(20)29/h4-7,10,13,18H,8-9,11-12,14H2,1-3H3/b36-16+. The van der Waals surface area contributed by atoms with E-state index in [1.165, 1.54) is 12.1 Å². The number of carbonyl (C=O) groups excluding carboxylic acids is 1. The van der Waals surface area contributed by atoms with Gasteiger partial charge < -0.3 is 9.74 Å². The third-order valence-corrected chi connectivity index (χ3v) is 6.53. The summed E-state index contributed by atoms with van der Waals surface area (Å²) < 4.78 is 66.9. The Kier molecular flexibility index (Phi) is 8.22. The Balaban J connectivity index is 1.50. The number of likely N-dealkylation sites (tertiary alicyclic amines) is 1. The summed E-state index contributed by atoms with van der Waals surface area (Å²) in [6.07, 6.45) is -2.91. The minimum atomic E-state index is -4.62. The van der Waals surface area contributed by atoms with Gasteiger partial charge in [0.05, 0.1) is 23.5 Å². The molecule has 1 aromatic carbocycles. The van der Waals surface area contributed by atoms with Crippen LogP contribution in [0.5, 0.6) is 5.75 Å². The molecule has 0 unspecified atom stereocenters. The Morgan fingerprint density at radius 3 is 2.41 bits per heavy atom. The lowest BCUT2D eigenvalue weighted by Crippen LogP contribution is -2.39. The van der Waals surface area contributed by atoms with Crippen molar-refractivity contribution < 1.29 is 31.6 Å². The molecule has 0 saturated carbocycles. The van der Waals surface area contributed by atoms with Crippen LogP contribution in [0.4, 0.5) is 22.0 Å². The molecule has 0 radical (unpaired) electrons. The van der Waals surface area contributed by atoms with Crippen molar-refractivity contribution in [2.45, 2.75) is 52.1 Å². The SMILES string of the molecule is C/C(=N\Oc1ccnc(C(F)(F)F)c1)c1c(C)nc(C)nc1C1CCN(C(=O)Cc2c(F)cccc2F)CC1. The molecular weight excluding hydrogens is 521 g/mol. The summed E-state index contributed by atoms with van der Waals surface area (Å²) in [4.78, 5) is 32.0. The summed E-state index contributed by atoms with van der Waals surface area (Å²) in [5.41, 5.74) is 0.967. The molecule has 1 saturated heterocycles. The number of benzene rings is 1. The van der Waals surface area contributed by atoms with Crippen molar-refractivity contribution in [3.05, 3.63) is 82.2 Å². The van der Waals surface area contributed by atoms with Crippen LogP contribution in [0, 0.1) is 25.5 Å². The van der Waals surface area contributed by atoms with Crippen molar-refractivity contribution in [2.75, 3.05) is 13.1 Å². The number of halogens is 5. The summed E-state index contributed by atoms with van der Waals surface area (Å²) in [5, 5.41) is 4.05. The van der Waals surface area contributed by atoms with E-state index in [-0.39, 0.29) is 29.6 Å². The van der Waals surface area contributed by atoms with Crippen LogP contribution in [-0.2, 0) is 17.4 Å². The largest absolute Gasteiger partial charge is 0.433 e. The monoisotopic (exact) mass is 547 g/mol. The molecule has 1 amide bonds. The highest BCUT2D eigenvalue weighted by molar-refractivity contribution is 6.00. The van der Waals surface area contributed by atoms with Gasteiger partial charge in [0.15, 0.2) is 5.75 Å². The van der Waals surface area contributed by atoms with Crippen LogP contribution in [0.3, 0.4) is 0 Å². The van der Waals surface area contributed by atoms with Gasteiger partial charge in [-0.2, -0.15) is 13.2 Å². The third kappa shape index (κ3) is 6.55. The van der Waals surface area contributed by atoms with E-state index >= 15 is 0 Å².